The molecular weight excluding hydrogens is 414 g/mol. The van der Waals surface area contributed by atoms with Gasteiger partial charge in [-0.15, -0.1) is 0 Å². The van der Waals surface area contributed by atoms with E-state index in [1.165, 1.54) is 0 Å². The fourth-order valence-electron chi connectivity index (χ4n) is 1.50. The van der Waals surface area contributed by atoms with Gasteiger partial charge in [0.15, 0.2) is 0 Å². The van der Waals surface area contributed by atoms with Crippen molar-refractivity contribution in [2.45, 2.75) is 53.4 Å². The largest absolute Gasteiger partial charge is 0.252 e. The SMILES string of the molecule is CCCSN(SCCC)c1nc(Cl)nc(N(SCCC)SCCC)n1. The van der Waals surface area contributed by atoms with Gasteiger partial charge in [0.25, 0.3) is 11.9 Å². The predicted octanol–water partition coefficient (Wildman–Crippen LogP) is 6.37. The van der Waals surface area contributed by atoms with Gasteiger partial charge in [0.1, 0.15) is 0 Å². The van der Waals surface area contributed by atoms with E-state index in [0.717, 1.165) is 48.7 Å². The van der Waals surface area contributed by atoms with E-state index in [1.54, 1.807) is 47.8 Å². The van der Waals surface area contributed by atoms with Crippen LogP contribution in [0.25, 0.3) is 0 Å². The maximum Gasteiger partial charge on any atom is 0.252 e. The first-order valence-electron chi connectivity index (χ1n) is 8.69. The third-order valence-corrected chi connectivity index (χ3v) is 7.95. The van der Waals surface area contributed by atoms with Crippen LogP contribution in [-0.2, 0) is 0 Å². The number of nitrogens with zero attached hydrogens (tertiary/aromatic N) is 5. The molecule has 0 radical (unpaired) electrons. The van der Waals surface area contributed by atoms with Crippen molar-refractivity contribution in [3.8, 4) is 0 Å². The van der Waals surface area contributed by atoms with E-state index in [9.17, 15) is 0 Å². The van der Waals surface area contributed by atoms with Crippen molar-refractivity contribution in [2.24, 2.45) is 0 Å². The second kappa shape index (κ2) is 14.4. The average Bonchev–Trinajstić information content (AvgIpc) is 2.61. The minimum atomic E-state index is 0.249. The number of anilines is 2. The van der Waals surface area contributed by atoms with Crippen LogP contribution in [0, 0.1) is 0 Å². The average molecular weight is 442 g/mol. The Morgan fingerprint density at radius 1 is 0.640 bits per heavy atom. The van der Waals surface area contributed by atoms with Gasteiger partial charge in [-0.3, -0.25) is 0 Å². The Hall–Kier alpha value is 0.300. The van der Waals surface area contributed by atoms with Gasteiger partial charge < -0.3 is 0 Å². The molecule has 0 aliphatic rings. The number of rotatable bonds is 14. The molecule has 0 saturated carbocycles. The van der Waals surface area contributed by atoms with Crippen molar-refractivity contribution in [1.82, 2.24) is 15.0 Å². The van der Waals surface area contributed by atoms with Crippen LogP contribution < -0.4 is 7.42 Å². The highest BCUT2D eigenvalue weighted by Crippen LogP contribution is 2.33. The van der Waals surface area contributed by atoms with Crippen LogP contribution in [-0.4, -0.2) is 38.0 Å². The summed E-state index contributed by atoms with van der Waals surface area (Å²) in [5, 5.41) is 0.249. The van der Waals surface area contributed by atoms with Crippen LogP contribution in [0.1, 0.15) is 53.4 Å². The summed E-state index contributed by atoms with van der Waals surface area (Å²) in [7, 11) is 0. The summed E-state index contributed by atoms with van der Waals surface area (Å²) in [6.07, 6.45) is 4.41. The zero-order valence-corrected chi connectivity index (χ0v) is 19.4. The maximum atomic E-state index is 6.22. The molecule has 0 fully saturated rings. The molecule has 5 nitrogen and oxygen atoms in total. The predicted molar refractivity (Wildman–Crippen MR) is 121 cm³/mol. The summed E-state index contributed by atoms with van der Waals surface area (Å²) < 4.78 is 4.16. The Morgan fingerprint density at radius 2 is 0.960 bits per heavy atom. The molecule has 0 unspecified atom stereocenters. The summed E-state index contributed by atoms with van der Waals surface area (Å²) in [5.41, 5.74) is 0. The van der Waals surface area contributed by atoms with E-state index in [2.05, 4.69) is 45.1 Å². The van der Waals surface area contributed by atoms with Gasteiger partial charge in [-0.05, 0) is 85.1 Å². The van der Waals surface area contributed by atoms with Gasteiger partial charge in [0.05, 0.1) is 0 Å². The van der Waals surface area contributed by atoms with E-state index < -0.39 is 0 Å². The lowest BCUT2D eigenvalue weighted by molar-refractivity contribution is 1.04. The van der Waals surface area contributed by atoms with Gasteiger partial charge in [-0.2, -0.15) is 15.0 Å². The van der Waals surface area contributed by atoms with Gasteiger partial charge >= 0.3 is 0 Å². The van der Waals surface area contributed by atoms with Crippen LogP contribution in [0.5, 0.6) is 0 Å². The summed E-state index contributed by atoms with van der Waals surface area (Å²) in [6.45, 7) is 8.69. The van der Waals surface area contributed by atoms with Crippen molar-refractivity contribution < 1.29 is 0 Å². The highest BCUT2D eigenvalue weighted by Gasteiger charge is 2.18. The van der Waals surface area contributed by atoms with Crippen molar-refractivity contribution in [1.29, 1.82) is 0 Å². The molecule has 0 aliphatic heterocycles. The number of hydrogen-bond donors (Lipinski definition) is 0. The first kappa shape index (κ1) is 23.3. The fraction of sp³-hybridized carbons (Fsp3) is 0.800. The molecule has 0 amide bonds. The molecule has 0 aliphatic carbocycles. The van der Waals surface area contributed by atoms with Crippen molar-refractivity contribution in [3.05, 3.63) is 5.28 Å². The molecule has 10 heteroatoms. The minimum absolute atomic E-state index is 0.249. The van der Waals surface area contributed by atoms with E-state index in [-0.39, 0.29) is 5.28 Å². The molecule has 0 bridgehead atoms. The summed E-state index contributed by atoms with van der Waals surface area (Å²) in [5.74, 6) is 5.35. The first-order chi connectivity index (χ1) is 12.2. The third kappa shape index (κ3) is 9.17. The van der Waals surface area contributed by atoms with Crippen molar-refractivity contribution in [3.63, 3.8) is 0 Å². The molecule has 0 saturated heterocycles. The molecule has 25 heavy (non-hydrogen) atoms. The normalized spacial score (nSPS) is 10.9. The number of aromatic nitrogens is 3. The molecule has 1 aromatic heterocycles. The second-order valence-electron chi connectivity index (χ2n) is 5.05. The lowest BCUT2D eigenvalue weighted by atomic mass is 10.6. The number of hydrogen-bond acceptors (Lipinski definition) is 9. The number of halogens is 1. The zero-order valence-electron chi connectivity index (χ0n) is 15.4. The molecule has 0 atom stereocenters. The van der Waals surface area contributed by atoms with Crippen LogP contribution in [0.4, 0.5) is 11.9 Å². The second-order valence-corrected chi connectivity index (χ2v) is 9.98. The summed E-state index contributed by atoms with van der Waals surface area (Å²) in [6, 6.07) is 0. The highest BCUT2D eigenvalue weighted by atomic mass is 35.5. The molecule has 1 aromatic rings. The molecule has 0 N–H and O–H groups in total. The standard InChI is InChI=1S/C15H28ClN5S4/c1-5-9-22-20(23-10-6-2)14-17-13(16)18-15(19-14)21(24-11-7-3)25-12-8-4/h5-12H2,1-4H3. The lowest BCUT2D eigenvalue weighted by Crippen LogP contribution is -2.15. The highest BCUT2D eigenvalue weighted by molar-refractivity contribution is 8.18. The van der Waals surface area contributed by atoms with Gasteiger partial charge in [-0.1, -0.05) is 27.7 Å². The van der Waals surface area contributed by atoms with E-state index in [4.69, 9.17) is 16.6 Å². The lowest BCUT2D eigenvalue weighted by Gasteiger charge is -2.23. The topological polar surface area (TPSA) is 45.2 Å². The molecule has 0 spiro atoms. The smallest absolute Gasteiger partial charge is 0.225 e. The Kier molecular flexibility index (Phi) is 13.4. The summed E-state index contributed by atoms with van der Waals surface area (Å²) >= 11 is 13.2. The van der Waals surface area contributed by atoms with Crippen LogP contribution in [0.2, 0.25) is 5.28 Å². The van der Waals surface area contributed by atoms with E-state index in [0.29, 0.717) is 11.9 Å². The molecule has 144 valence electrons. The van der Waals surface area contributed by atoms with Crippen molar-refractivity contribution >= 4 is 71.3 Å². The zero-order chi connectivity index (χ0) is 18.5. The quantitative estimate of drug-likeness (QED) is 0.306. The molecule has 1 rings (SSSR count). The summed E-state index contributed by atoms with van der Waals surface area (Å²) in [4.78, 5) is 13.4. The van der Waals surface area contributed by atoms with Crippen LogP contribution in [0.3, 0.4) is 0 Å². The van der Waals surface area contributed by atoms with E-state index >= 15 is 0 Å². The van der Waals surface area contributed by atoms with Crippen LogP contribution >= 0.6 is 59.4 Å². The molecular formula is C15H28ClN5S4. The Morgan fingerprint density at radius 3 is 1.24 bits per heavy atom. The molecule has 0 aromatic carbocycles. The van der Waals surface area contributed by atoms with E-state index in [1.807, 2.05) is 0 Å². The third-order valence-electron chi connectivity index (χ3n) is 2.56. The van der Waals surface area contributed by atoms with Gasteiger partial charge in [0, 0.05) is 23.0 Å². The molecule has 1 heterocycles. The van der Waals surface area contributed by atoms with Gasteiger partial charge in [-0.25, -0.2) is 7.42 Å². The van der Waals surface area contributed by atoms with Crippen LogP contribution in [0.15, 0.2) is 0 Å². The monoisotopic (exact) mass is 441 g/mol. The fourth-order valence-corrected chi connectivity index (χ4v) is 5.32. The van der Waals surface area contributed by atoms with Crippen molar-refractivity contribution in [2.75, 3.05) is 30.4 Å². The Labute approximate surface area is 174 Å². The Bertz CT molecular complexity index is 429. The van der Waals surface area contributed by atoms with Gasteiger partial charge in [0.2, 0.25) is 5.28 Å². The first-order valence-corrected chi connectivity index (χ1v) is 12.8. The minimum Gasteiger partial charge on any atom is -0.225 e. The maximum absolute atomic E-state index is 6.22. The Balaban J connectivity index is 3.02.